The molecule has 1 rings (SSSR count). The molecule has 0 fully saturated rings. The second kappa shape index (κ2) is 5.79. The number of hydrogen-bond donors (Lipinski definition) is 1. The summed E-state index contributed by atoms with van der Waals surface area (Å²) in [6.45, 7) is 8.13. The second-order valence-corrected chi connectivity index (χ2v) is 6.18. The van der Waals surface area contributed by atoms with Gasteiger partial charge in [-0.2, -0.15) is 0 Å². The van der Waals surface area contributed by atoms with Crippen LogP contribution in [-0.4, -0.2) is 0 Å². The molecule has 1 unspecified atom stereocenters. The van der Waals surface area contributed by atoms with Gasteiger partial charge in [0.1, 0.15) is 11.6 Å². The van der Waals surface area contributed by atoms with E-state index in [0.29, 0.717) is 11.1 Å². The Bertz CT molecular complexity index is 408. The Kier molecular flexibility index (Phi) is 4.85. The molecule has 0 heterocycles. The van der Waals surface area contributed by atoms with Crippen molar-refractivity contribution in [1.29, 1.82) is 0 Å². The van der Waals surface area contributed by atoms with Gasteiger partial charge in [-0.1, -0.05) is 27.2 Å². The molecule has 0 radical (unpaired) electrons. The number of aryl methyl sites for hydroxylation is 1. The lowest BCUT2D eigenvalue weighted by atomic mass is 9.88. The normalized spacial score (nSPS) is 13.7. The monoisotopic (exact) mass is 255 g/mol. The molecule has 0 aromatic heterocycles. The fourth-order valence-corrected chi connectivity index (χ4v) is 1.97. The fraction of sp³-hybridized carbons (Fsp3) is 0.600. The summed E-state index contributed by atoms with van der Waals surface area (Å²) < 4.78 is 26.8. The number of halogens is 2. The van der Waals surface area contributed by atoms with Gasteiger partial charge in [0.2, 0.25) is 0 Å². The third kappa shape index (κ3) is 4.37. The Balaban J connectivity index is 2.67. The average molecular weight is 255 g/mol. The van der Waals surface area contributed by atoms with Crippen molar-refractivity contribution >= 4 is 0 Å². The molecule has 0 aliphatic carbocycles. The van der Waals surface area contributed by atoms with Crippen LogP contribution in [0.3, 0.4) is 0 Å². The maximum Gasteiger partial charge on any atom is 0.130 e. The number of hydrogen-bond acceptors (Lipinski definition) is 1. The zero-order valence-corrected chi connectivity index (χ0v) is 11.7. The fourth-order valence-electron chi connectivity index (χ4n) is 1.97. The Morgan fingerprint density at radius 3 is 2.33 bits per heavy atom. The van der Waals surface area contributed by atoms with E-state index in [0.717, 1.165) is 25.3 Å². The van der Waals surface area contributed by atoms with Gasteiger partial charge < -0.3 is 5.73 Å². The van der Waals surface area contributed by atoms with E-state index in [1.54, 1.807) is 6.92 Å². The zero-order chi connectivity index (χ0) is 13.9. The molecule has 0 bridgehead atoms. The highest BCUT2D eigenvalue weighted by molar-refractivity contribution is 5.27. The molecule has 1 aromatic rings. The van der Waals surface area contributed by atoms with Crippen molar-refractivity contribution in [2.24, 2.45) is 11.1 Å². The van der Waals surface area contributed by atoms with Crippen molar-refractivity contribution in [2.45, 2.75) is 53.0 Å². The topological polar surface area (TPSA) is 26.0 Å². The van der Waals surface area contributed by atoms with Crippen LogP contribution in [0.2, 0.25) is 0 Å². The molecule has 0 saturated carbocycles. The quantitative estimate of drug-likeness (QED) is 0.842. The molecule has 1 atom stereocenters. The van der Waals surface area contributed by atoms with Crippen LogP contribution < -0.4 is 5.73 Å². The Hall–Kier alpha value is -0.960. The van der Waals surface area contributed by atoms with E-state index in [1.807, 2.05) is 0 Å². The van der Waals surface area contributed by atoms with Crippen LogP contribution in [0.5, 0.6) is 0 Å². The van der Waals surface area contributed by atoms with Crippen molar-refractivity contribution in [3.05, 3.63) is 34.9 Å². The van der Waals surface area contributed by atoms with Crippen LogP contribution in [0.15, 0.2) is 12.1 Å². The molecule has 18 heavy (non-hydrogen) atoms. The second-order valence-electron chi connectivity index (χ2n) is 6.18. The van der Waals surface area contributed by atoms with Crippen LogP contribution in [-0.2, 0) is 0 Å². The lowest BCUT2D eigenvalue weighted by molar-refractivity contribution is 0.352. The van der Waals surface area contributed by atoms with Crippen LogP contribution in [0.25, 0.3) is 0 Å². The molecule has 0 amide bonds. The summed E-state index contributed by atoms with van der Waals surface area (Å²) in [6.07, 6.45) is 2.71. The first-order valence-corrected chi connectivity index (χ1v) is 6.42. The molecule has 0 aliphatic rings. The Labute approximate surface area is 108 Å². The lowest BCUT2D eigenvalue weighted by Crippen LogP contribution is -2.14. The molecule has 0 saturated heterocycles. The summed E-state index contributed by atoms with van der Waals surface area (Å²) in [6, 6.07) is 2.09. The first-order chi connectivity index (χ1) is 8.20. The number of rotatable bonds is 4. The standard InChI is InChI=1S/C15H23F2N/c1-10-8-11(13(17)9-12(10)16)14(18)6-5-7-15(2,3)4/h8-9,14H,5-7,18H2,1-4H3. The predicted molar refractivity (Wildman–Crippen MR) is 71.3 cm³/mol. The maximum absolute atomic E-state index is 13.6. The highest BCUT2D eigenvalue weighted by Gasteiger charge is 2.16. The first-order valence-electron chi connectivity index (χ1n) is 6.42. The third-order valence-electron chi connectivity index (χ3n) is 3.12. The van der Waals surface area contributed by atoms with E-state index in [1.165, 1.54) is 6.07 Å². The van der Waals surface area contributed by atoms with E-state index >= 15 is 0 Å². The summed E-state index contributed by atoms with van der Waals surface area (Å²) in [5.41, 5.74) is 7.10. The summed E-state index contributed by atoms with van der Waals surface area (Å²) in [4.78, 5) is 0. The van der Waals surface area contributed by atoms with Gasteiger partial charge in [-0.05, 0) is 36.8 Å². The lowest BCUT2D eigenvalue weighted by Gasteiger charge is -2.20. The minimum absolute atomic E-state index is 0.261. The highest BCUT2D eigenvalue weighted by atomic mass is 19.1. The van der Waals surface area contributed by atoms with Gasteiger partial charge in [0, 0.05) is 17.7 Å². The van der Waals surface area contributed by atoms with Crippen molar-refractivity contribution in [1.82, 2.24) is 0 Å². The van der Waals surface area contributed by atoms with Gasteiger partial charge in [0.25, 0.3) is 0 Å². The predicted octanol–water partition coefficient (Wildman–Crippen LogP) is 4.49. The van der Waals surface area contributed by atoms with E-state index in [4.69, 9.17) is 5.73 Å². The van der Waals surface area contributed by atoms with Crippen molar-refractivity contribution in [2.75, 3.05) is 0 Å². The average Bonchev–Trinajstić information content (AvgIpc) is 2.21. The van der Waals surface area contributed by atoms with Crippen LogP contribution in [0.4, 0.5) is 8.78 Å². The van der Waals surface area contributed by atoms with Gasteiger partial charge >= 0.3 is 0 Å². The van der Waals surface area contributed by atoms with Gasteiger partial charge in [-0.25, -0.2) is 8.78 Å². The molecule has 1 nitrogen and oxygen atoms in total. The molecule has 2 N–H and O–H groups in total. The Morgan fingerprint density at radius 1 is 1.17 bits per heavy atom. The Morgan fingerprint density at radius 2 is 1.78 bits per heavy atom. The molecular formula is C15H23F2N. The number of benzene rings is 1. The summed E-state index contributed by atoms with van der Waals surface area (Å²) >= 11 is 0. The molecule has 3 heteroatoms. The van der Waals surface area contributed by atoms with E-state index in [9.17, 15) is 8.78 Å². The van der Waals surface area contributed by atoms with E-state index in [2.05, 4.69) is 20.8 Å². The minimum Gasteiger partial charge on any atom is -0.324 e. The van der Waals surface area contributed by atoms with Crippen LogP contribution >= 0.6 is 0 Å². The SMILES string of the molecule is Cc1cc(C(N)CCCC(C)(C)C)c(F)cc1F. The molecule has 0 spiro atoms. The van der Waals surface area contributed by atoms with E-state index in [-0.39, 0.29) is 11.5 Å². The molecule has 0 aliphatic heterocycles. The molecular weight excluding hydrogens is 232 g/mol. The van der Waals surface area contributed by atoms with Crippen molar-refractivity contribution in [3.63, 3.8) is 0 Å². The van der Waals surface area contributed by atoms with Gasteiger partial charge in [-0.15, -0.1) is 0 Å². The van der Waals surface area contributed by atoms with Gasteiger partial charge in [-0.3, -0.25) is 0 Å². The smallest absolute Gasteiger partial charge is 0.130 e. The van der Waals surface area contributed by atoms with E-state index < -0.39 is 11.6 Å². The minimum atomic E-state index is -0.540. The largest absolute Gasteiger partial charge is 0.324 e. The van der Waals surface area contributed by atoms with Crippen LogP contribution in [0.1, 0.15) is 57.2 Å². The third-order valence-corrected chi connectivity index (χ3v) is 3.12. The number of nitrogens with two attached hydrogens (primary N) is 1. The zero-order valence-electron chi connectivity index (χ0n) is 11.7. The van der Waals surface area contributed by atoms with Gasteiger partial charge in [0.15, 0.2) is 0 Å². The van der Waals surface area contributed by atoms with Gasteiger partial charge in [0.05, 0.1) is 0 Å². The molecule has 102 valence electrons. The highest BCUT2D eigenvalue weighted by Crippen LogP contribution is 2.27. The van der Waals surface area contributed by atoms with Crippen molar-refractivity contribution < 1.29 is 8.78 Å². The summed E-state index contributed by atoms with van der Waals surface area (Å²) in [7, 11) is 0. The summed E-state index contributed by atoms with van der Waals surface area (Å²) in [5, 5.41) is 0. The molecule has 1 aromatic carbocycles. The maximum atomic E-state index is 13.6. The summed E-state index contributed by atoms with van der Waals surface area (Å²) in [5.74, 6) is -1.06. The first kappa shape index (κ1) is 15.1. The van der Waals surface area contributed by atoms with Crippen molar-refractivity contribution in [3.8, 4) is 0 Å². The van der Waals surface area contributed by atoms with Crippen LogP contribution in [0, 0.1) is 24.0 Å².